The molecule has 1 amide bonds. The van der Waals surface area contributed by atoms with Gasteiger partial charge in [-0.2, -0.15) is 16.5 Å². The van der Waals surface area contributed by atoms with Crippen LogP contribution in [0.15, 0.2) is 35.2 Å². The molecule has 0 heterocycles. The van der Waals surface area contributed by atoms with E-state index in [0.717, 1.165) is 6.42 Å². The van der Waals surface area contributed by atoms with E-state index in [1.807, 2.05) is 6.26 Å². The van der Waals surface area contributed by atoms with Crippen LogP contribution >= 0.6 is 11.8 Å². The molecule has 0 bridgehead atoms. The maximum absolute atomic E-state index is 12.4. The van der Waals surface area contributed by atoms with Gasteiger partial charge in [0.25, 0.3) is 0 Å². The summed E-state index contributed by atoms with van der Waals surface area (Å²) in [6, 6.07) is 7.36. The Hall–Kier alpha value is -1.05. The number of hydrogen-bond acceptors (Lipinski definition) is 4. The number of benzene rings is 1. The van der Waals surface area contributed by atoms with Crippen molar-refractivity contribution >= 4 is 27.7 Å². The van der Waals surface area contributed by atoms with Gasteiger partial charge >= 0.3 is 0 Å². The molecule has 0 fully saturated rings. The third kappa shape index (κ3) is 7.37. The second-order valence-corrected chi connectivity index (χ2v) is 8.44. The van der Waals surface area contributed by atoms with Crippen molar-refractivity contribution in [1.29, 1.82) is 0 Å². The molecule has 1 aromatic rings. The number of hydrogen-bond donors (Lipinski definition) is 2. The number of rotatable bonds is 10. The van der Waals surface area contributed by atoms with Crippen LogP contribution in [0.25, 0.3) is 0 Å². The highest BCUT2D eigenvalue weighted by molar-refractivity contribution is 7.98. The highest BCUT2D eigenvalue weighted by atomic mass is 32.2. The van der Waals surface area contributed by atoms with Crippen LogP contribution in [-0.4, -0.2) is 38.9 Å². The number of amides is 1. The molecule has 23 heavy (non-hydrogen) atoms. The molecular weight excluding hydrogens is 332 g/mol. The van der Waals surface area contributed by atoms with Crippen LogP contribution in [0.1, 0.15) is 26.7 Å². The maximum Gasteiger partial charge on any atom is 0.241 e. The largest absolute Gasteiger partial charge is 0.355 e. The fourth-order valence-corrected chi connectivity index (χ4v) is 3.66. The van der Waals surface area contributed by atoms with Crippen LogP contribution < -0.4 is 10.0 Å². The first-order chi connectivity index (χ1) is 10.9. The van der Waals surface area contributed by atoms with Gasteiger partial charge in [-0.1, -0.05) is 32.0 Å². The molecule has 1 aromatic carbocycles. The Morgan fingerprint density at radius 3 is 2.39 bits per heavy atom. The van der Waals surface area contributed by atoms with E-state index in [9.17, 15) is 13.2 Å². The van der Waals surface area contributed by atoms with E-state index in [4.69, 9.17) is 0 Å². The smallest absolute Gasteiger partial charge is 0.241 e. The lowest BCUT2D eigenvalue weighted by molar-refractivity contribution is -0.122. The van der Waals surface area contributed by atoms with Gasteiger partial charge in [0.2, 0.25) is 15.9 Å². The predicted octanol–water partition coefficient (Wildman–Crippen LogP) is 2.25. The monoisotopic (exact) mass is 358 g/mol. The van der Waals surface area contributed by atoms with E-state index >= 15 is 0 Å². The molecule has 1 unspecified atom stereocenters. The Morgan fingerprint density at radius 1 is 1.17 bits per heavy atom. The lowest BCUT2D eigenvalue weighted by Crippen LogP contribution is -2.47. The van der Waals surface area contributed by atoms with Crippen LogP contribution in [0, 0.1) is 5.92 Å². The number of carbonyl (C=O) groups is 1. The number of thioether (sulfide) groups is 1. The van der Waals surface area contributed by atoms with Gasteiger partial charge < -0.3 is 5.32 Å². The maximum atomic E-state index is 12.4. The normalized spacial score (nSPS) is 13.0. The molecule has 0 saturated carbocycles. The number of sulfonamides is 1. The van der Waals surface area contributed by atoms with Gasteiger partial charge in [-0.15, -0.1) is 0 Å². The van der Waals surface area contributed by atoms with Gasteiger partial charge in [0.15, 0.2) is 0 Å². The van der Waals surface area contributed by atoms with E-state index in [1.165, 1.54) is 12.1 Å². The Morgan fingerprint density at radius 2 is 1.83 bits per heavy atom. The summed E-state index contributed by atoms with van der Waals surface area (Å²) in [4.78, 5) is 12.5. The fraction of sp³-hybridized carbons (Fsp3) is 0.562. The molecule has 1 rings (SSSR count). The minimum atomic E-state index is -3.70. The van der Waals surface area contributed by atoms with Crippen molar-refractivity contribution in [1.82, 2.24) is 10.0 Å². The topological polar surface area (TPSA) is 75.3 Å². The van der Waals surface area contributed by atoms with Gasteiger partial charge in [-0.05, 0) is 42.9 Å². The highest BCUT2D eigenvalue weighted by Crippen LogP contribution is 2.10. The van der Waals surface area contributed by atoms with Crippen LogP contribution in [0.4, 0.5) is 0 Å². The molecule has 1 atom stereocenters. The highest BCUT2D eigenvalue weighted by Gasteiger charge is 2.25. The SMILES string of the molecule is CSCCC(NS(=O)(=O)c1ccccc1)C(=O)NCCC(C)C. The second kappa shape index (κ2) is 9.95. The third-order valence-corrected chi connectivity index (χ3v) is 5.43. The minimum Gasteiger partial charge on any atom is -0.355 e. The zero-order valence-electron chi connectivity index (χ0n) is 13.9. The first kappa shape index (κ1) is 20.0. The van der Waals surface area contributed by atoms with E-state index in [0.29, 0.717) is 24.6 Å². The minimum absolute atomic E-state index is 0.170. The van der Waals surface area contributed by atoms with Crippen molar-refractivity contribution in [3.05, 3.63) is 30.3 Å². The van der Waals surface area contributed by atoms with E-state index in [2.05, 4.69) is 23.9 Å². The molecule has 0 aliphatic carbocycles. The summed E-state index contributed by atoms with van der Waals surface area (Å²) >= 11 is 1.58. The summed E-state index contributed by atoms with van der Waals surface area (Å²) in [5, 5.41) is 2.82. The fourth-order valence-electron chi connectivity index (χ4n) is 1.94. The Balaban J connectivity index is 2.75. The first-order valence-corrected chi connectivity index (χ1v) is 10.6. The molecule has 130 valence electrons. The second-order valence-electron chi connectivity index (χ2n) is 5.74. The van der Waals surface area contributed by atoms with Gasteiger partial charge in [-0.3, -0.25) is 4.79 Å². The summed E-state index contributed by atoms with van der Waals surface area (Å²) in [6.07, 6.45) is 3.26. The molecule has 2 N–H and O–H groups in total. The number of nitrogens with one attached hydrogen (secondary N) is 2. The standard InChI is InChI=1S/C16H26N2O3S2/c1-13(2)9-11-17-16(19)15(10-12-22-3)18-23(20,21)14-7-5-4-6-8-14/h4-8,13,15,18H,9-12H2,1-3H3,(H,17,19). The predicted molar refractivity (Wildman–Crippen MR) is 96.0 cm³/mol. The summed E-state index contributed by atoms with van der Waals surface area (Å²) in [5.41, 5.74) is 0. The van der Waals surface area contributed by atoms with Crippen molar-refractivity contribution in [3.8, 4) is 0 Å². The molecule has 0 aromatic heterocycles. The first-order valence-electron chi connectivity index (χ1n) is 7.71. The molecular formula is C16H26N2O3S2. The zero-order valence-corrected chi connectivity index (χ0v) is 15.5. The summed E-state index contributed by atoms with van der Waals surface area (Å²) in [7, 11) is -3.70. The lowest BCUT2D eigenvalue weighted by atomic mass is 10.1. The molecule has 5 nitrogen and oxygen atoms in total. The van der Waals surface area contributed by atoms with Crippen LogP contribution in [-0.2, 0) is 14.8 Å². The molecule has 0 aliphatic heterocycles. The molecule has 7 heteroatoms. The molecule has 0 spiro atoms. The van der Waals surface area contributed by atoms with Crippen LogP contribution in [0.2, 0.25) is 0 Å². The van der Waals surface area contributed by atoms with E-state index in [-0.39, 0.29) is 10.8 Å². The lowest BCUT2D eigenvalue weighted by Gasteiger charge is -2.18. The average molecular weight is 359 g/mol. The Bertz CT molecular complexity index is 574. The van der Waals surface area contributed by atoms with E-state index in [1.54, 1.807) is 30.0 Å². The third-order valence-electron chi connectivity index (χ3n) is 3.30. The van der Waals surface area contributed by atoms with Gasteiger partial charge in [-0.25, -0.2) is 8.42 Å². The van der Waals surface area contributed by atoms with Crippen molar-refractivity contribution in [3.63, 3.8) is 0 Å². The van der Waals surface area contributed by atoms with Crippen LogP contribution in [0.3, 0.4) is 0 Å². The Kier molecular flexibility index (Phi) is 8.65. The van der Waals surface area contributed by atoms with Crippen molar-refractivity contribution in [2.45, 2.75) is 37.6 Å². The summed E-state index contributed by atoms with van der Waals surface area (Å²) < 4.78 is 27.3. The zero-order chi connectivity index (χ0) is 17.3. The quantitative estimate of drug-likeness (QED) is 0.673. The summed E-state index contributed by atoms with van der Waals surface area (Å²) in [5.74, 6) is 0.930. The number of carbonyl (C=O) groups excluding carboxylic acids is 1. The van der Waals surface area contributed by atoms with Crippen molar-refractivity contribution < 1.29 is 13.2 Å². The average Bonchev–Trinajstić information content (AvgIpc) is 2.51. The van der Waals surface area contributed by atoms with E-state index < -0.39 is 16.1 Å². The van der Waals surface area contributed by atoms with Gasteiger partial charge in [0, 0.05) is 6.54 Å². The molecule has 0 aliphatic rings. The van der Waals surface area contributed by atoms with Gasteiger partial charge in [0.05, 0.1) is 4.90 Å². The van der Waals surface area contributed by atoms with Gasteiger partial charge in [0.1, 0.15) is 6.04 Å². The molecule has 0 saturated heterocycles. The molecule has 0 radical (unpaired) electrons. The summed E-state index contributed by atoms with van der Waals surface area (Å²) in [6.45, 7) is 4.71. The van der Waals surface area contributed by atoms with Crippen molar-refractivity contribution in [2.24, 2.45) is 5.92 Å². The Labute approximate surface area is 143 Å². The van der Waals surface area contributed by atoms with Crippen molar-refractivity contribution in [2.75, 3.05) is 18.6 Å². The van der Waals surface area contributed by atoms with Crippen LogP contribution in [0.5, 0.6) is 0 Å².